The van der Waals surface area contributed by atoms with Gasteiger partial charge in [-0.2, -0.15) is 0 Å². The third kappa shape index (κ3) is 15.6. The summed E-state index contributed by atoms with van der Waals surface area (Å²) < 4.78 is 54.0. The van der Waals surface area contributed by atoms with Gasteiger partial charge in [-0.1, -0.05) is 84.2 Å². The molecule has 0 bridgehead atoms. The number of alkyl carbamates (subject to hydrolysis) is 1. The van der Waals surface area contributed by atoms with Crippen LogP contribution in [0.15, 0.2) is 104 Å². The zero-order chi connectivity index (χ0) is 67.8. The minimum atomic E-state index is -2.70. The highest BCUT2D eigenvalue weighted by molar-refractivity contribution is 6.74. The minimum Gasteiger partial charge on any atom is -0.497 e. The van der Waals surface area contributed by atoms with Gasteiger partial charge in [0.25, 0.3) is 11.8 Å². The fourth-order valence-corrected chi connectivity index (χ4v) is 13.0. The van der Waals surface area contributed by atoms with Gasteiger partial charge in [-0.05, 0) is 134 Å². The molecule has 4 aromatic rings. The number of nitrogens with one attached hydrogen (secondary N) is 3. The van der Waals surface area contributed by atoms with Crippen LogP contribution in [0.25, 0.3) is 5.57 Å². The highest BCUT2D eigenvalue weighted by Crippen LogP contribution is 2.58. The number of benzene rings is 4. The summed E-state index contributed by atoms with van der Waals surface area (Å²) in [4.78, 5) is 104. The van der Waals surface area contributed by atoms with E-state index in [1.807, 2.05) is 35.4 Å². The Bertz CT molecular complexity index is 3530. The maximum Gasteiger partial charge on any atom is 0.416 e. The lowest BCUT2D eigenvalue weighted by Gasteiger charge is -2.44. The molecule has 23 nitrogen and oxygen atoms in total. The van der Waals surface area contributed by atoms with Gasteiger partial charge < -0.3 is 68.1 Å². The summed E-state index contributed by atoms with van der Waals surface area (Å²) in [5.41, 5.74) is 3.87. The van der Waals surface area contributed by atoms with Crippen LogP contribution < -0.4 is 49.4 Å². The van der Waals surface area contributed by atoms with Gasteiger partial charge in [-0.3, -0.25) is 24.1 Å². The summed E-state index contributed by atoms with van der Waals surface area (Å²) in [5, 5.41) is 7.71. The number of carbonyl (C=O) groups is 7. The first-order chi connectivity index (χ1) is 44.8. The van der Waals surface area contributed by atoms with Crippen LogP contribution in [-0.2, 0) is 34.8 Å². The van der Waals surface area contributed by atoms with E-state index in [-0.39, 0.29) is 90.6 Å². The number of unbranched alkanes of at least 4 members (excludes halogenated alkanes) is 2. The molecule has 1 aliphatic carbocycles. The summed E-state index contributed by atoms with van der Waals surface area (Å²) in [6.45, 7) is 23.8. The second-order valence-corrected chi connectivity index (χ2v) is 31.1. The lowest BCUT2D eigenvalue weighted by atomic mass is 10.0. The zero-order valence-corrected chi connectivity index (χ0v) is 56.8. The standard InChI is InChI=1S/C70H89N7O16Si/c1-14-29-90-66(82)73-60(43(3)4)62(79)71-44(5)61(78)72-48-23-19-45(20-24-48)41-92-68(84)77-54-37-59(57(87-11)35-52(54)64(81)76-42-70(27-28-70)38-55(76)65(77)93-94(12,13)69(6,7)8)89-32-18-16-17-31-88-58-36-53-51(34-56(58)86-10)63(80)74-39-47(46-21-25-50(85-9)26-22-46)33-49(74)40-75(53)67(83)91-30-15-2/h14-15,19-26,34-37,39,43-44,49,55,60,65H,1-2,16-18,27-33,38,40-42H2,3-13H3,(H,71,79)(H,72,78)(H,73,82)/t44-,49-,55-,60-,65-/m0/s1. The molecule has 9 rings (SSSR count). The van der Waals surface area contributed by atoms with Crippen LogP contribution in [0.4, 0.5) is 31.4 Å². The number of fused-ring (bicyclic) bond motifs is 4. The Balaban J connectivity index is 0.890. The van der Waals surface area contributed by atoms with E-state index in [4.69, 9.17) is 42.3 Å². The van der Waals surface area contributed by atoms with Gasteiger partial charge >= 0.3 is 18.3 Å². The molecule has 4 heterocycles. The number of hydrogen-bond donors (Lipinski definition) is 3. The van der Waals surface area contributed by atoms with Gasteiger partial charge in [0.15, 0.2) is 37.5 Å². The van der Waals surface area contributed by atoms with E-state index in [2.05, 4.69) is 63.0 Å². The molecule has 0 unspecified atom stereocenters. The van der Waals surface area contributed by atoms with Crippen LogP contribution in [0.1, 0.15) is 118 Å². The smallest absolute Gasteiger partial charge is 0.416 e. The van der Waals surface area contributed by atoms with Crippen LogP contribution in [0.3, 0.4) is 0 Å². The maximum atomic E-state index is 15.2. The van der Waals surface area contributed by atoms with Gasteiger partial charge in [-0.25, -0.2) is 19.3 Å². The molecule has 3 N–H and O–H groups in total. The Morgan fingerprint density at radius 2 is 1.34 bits per heavy atom. The first-order valence-corrected chi connectivity index (χ1v) is 34.9. The SMILES string of the molecule is C=CCOC(=O)N[C@H](C(=O)N[C@@H](C)C(=O)Nc1ccc(COC(=O)N2c3cc(OCCCCCOc4cc5c(cc4OC)C(=O)N4C=C(c6ccc(OC)cc6)C[C@H]4CN5C(=O)OCC=C)c(OC)cc3C(=O)N3CC4(CC4)C[C@H]3[C@@H]2O[Si](C)(C)C(C)(C)C)cc1)C(C)C. The first-order valence-electron chi connectivity index (χ1n) is 31.9. The van der Waals surface area contributed by atoms with Crippen LogP contribution in [0.2, 0.25) is 18.1 Å². The molecular formula is C70H89N7O16Si. The molecule has 0 radical (unpaired) electrons. The Hall–Kier alpha value is -9.03. The molecule has 5 atom stereocenters. The van der Waals surface area contributed by atoms with Crippen molar-refractivity contribution in [3.63, 3.8) is 0 Å². The topological polar surface area (TPSA) is 252 Å². The predicted molar refractivity (Wildman–Crippen MR) is 357 cm³/mol. The molecule has 1 spiro atoms. The third-order valence-corrected chi connectivity index (χ3v) is 22.8. The van der Waals surface area contributed by atoms with Crippen molar-refractivity contribution in [2.45, 2.75) is 142 Å². The van der Waals surface area contributed by atoms with Gasteiger partial charge in [-0.15, -0.1) is 0 Å². The number of ether oxygens (including phenoxy) is 8. The zero-order valence-electron chi connectivity index (χ0n) is 55.8. The number of methoxy groups -OCH3 is 3. The molecule has 0 aromatic heterocycles. The lowest BCUT2D eigenvalue weighted by Crippen LogP contribution is -2.58. The van der Waals surface area contributed by atoms with Gasteiger partial charge in [0.05, 0.1) is 75.7 Å². The second-order valence-electron chi connectivity index (χ2n) is 26.3. The highest BCUT2D eigenvalue weighted by Gasteiger charge is 2.60. The number of hydrogen-bond acceptors (Lipinski definition) is 16. The number of amides is 7. The van der Waals surface area contributed by atoms with Gasteiger partial charge in [0, 0.05) is 30.6 Å². The van der Waals surface area contributed by atoms with Crippen molar-refractivity contribution in [3.05, 3.63) is 127 Å². The average molecular weight is 1310 g/mol. The summed E-state index contributed by atoms with van der Waals surface area (Å²) in [7, 11) is 1.89. The monoisotopic (exact) mass is 1310 g/mol. The van der Waals surface area contributed by atoms with E-state index in [1.165, 1.54) is 43.1 Å². The predicted octanol–water partition coefficient (Wildman–Crippen LogP) is 11.6. The fraction of sp³-hybridized carbons (Fsp3) is 0.471. The van der Waals surface area contributed by atoms with Crippen molar-refractivity contribution in [1.29, 1.82) is 0 Å². The van der Waals surface area contributed by atoms with E-state index in [0.29, 0.717) is 84.3 Å². The Morgan fingerprint density at radius 3 is 1.93 bits per heavy atom. The normalized spacial score (nSPS) is 18.4. The summed E-state index contributed by atoms with van der Waals surface area (Å²) in [6, 6.07) is 18.1. The van der Waals surface area contributed by atoms with E-state index >= 15 is 9.59 Å². The van der Waals surface area contributed by atoms with Crippen LogP contribution in [0, 0.1) is 11.3 Å². The number of rotatable bonds is 26. The van der Waals surface area contributed by atoms with Crippen molar-refractivity contribution >= 4 is 72.9 Å². The third-order valence-electron chi connectivity index (χ3n) is 18.3. The number of nitrogens with zero attached hydrogens (tertiary/aromatic N) is 4. The highest BCUT2D eigenvalue weighted by atomic mass is 28.4. The van der Waals surface area contributed by atoms with Crippen molar-refractivity contribution in [2.24, 2.45) is 11.3 Å². The molecule has 4 aromatic carbocycles. The quantitative estimate of drug-likeness (QED) is 0.0229. The fourth-order valence-electron chi connectivity index (χ4n) is 11.8. The van der Waals surface area contributed by atoms with Crippen molar-refractivity contribution < 1.29 is 75.9 Å². The van der Waals surface area contributed by atoms with Crippen molar-refractivity contribution in [2.75, 3.05) is 76.0 Å². The number of carbonyl (C=O) groups excluding carboxylic acids is 7. The van der Waals surface area contributed by atoms with Crippen molar-refractivity contribution in [1.82, 2.24) is 20.4 Å². The molecule has 7 amide bonds. The van der Waals surface area contributed by atoms with Gasteiger partial charge in [0.2, 0.25) is 11.8 Å². The first kappa shape index (κ1) is 69.3. The molecule has 504 valence electrons. The number of anilines is 3. The Morgan fingerprint density at radius 1 is 0.723 bits per heavy atom. The van der Waals surface area contributed by atoms with Gasteiger partial charge in [0.1, 0.15) is 37.7 Å². The average Bonchev–Trinajstić information content (AvgIpc) is 1.56. The molecule has 1 saturated carbocycles. The Labute approximate surface area is 551 Å². The molecule has 94 heavy (non-hydrogen) atoms. The van der Waals surface area contributed by atoms with E-state index in [9.17, 15) is 24.0 Å². The molecule has 1 saturated heterocycles. The van der Waals surface area contributed by atoms with Crippen LogP contribution in [-0.4, -0.2) is 151 Å². The van der Waals surface area contributed by atoms with E-state index in [0.717, 1.165) is 24.0 Å². The summed E-state index contributed by atoms with van der Waals surface area (Å²) in [6.07, 6.45) is 6.47. The van der Waals surface area contributed by atoms with E-state index in [1.54, 1.807) is 74.4 Å². The molecule has 4 aliphatic heterocycles. The molecule has 5 aliphatic rings. The summed E-state index contributed by atoms with van der Waals surface area (Å²) >= 11 is 0. The van der Waals surface area contributed by atoms with Crippen molar-refractivity contribution in [3.8, 4) is 28.7 Å². The molecular weight excluding hydrogens is 1220 g/mol. The second kappa shape index (κ2) is 29.5. The Kier molecular flexibility index (Phi) is 21.8. The lowest BCUT2D eigenvalue weighted by molar-refractivity contribution is -0.128. The van der Waals surface area contributed by atoms with Crippen LogP contribution >= 0.6 is 0 Å². The minimum absolute atomic E-state index is 0.0261. The molecule has 2 fully saturated rings. The van der Waals surface area contributed by atoms with Crippen LogP contribution in [0.5, 0.6) is 28.7 Å². The van der Waals surface area contributed by atoms with E-state index < -0.39 is 62.8 Å². The maximum absolute atomic E-state index is 15.2. The molecule has 24 heteroatoms. The summed E-state index contributed by atoms with van der Waals surface area (Å²) in [5.74, 6) is 0.0284. The largest absolute Gasteiger partial charge is 0.497 e.